The number of aliphatic hydroxyl groups is 2. The average molecular weight is 457 g/mol. The van der Waals surface area contributed by atoms with Gasteiger partial charge in [0.1, 0.15) is 12.2 Å². The maximum atomic E-state index is 12.3. The lowest BCUT2D eigenvalue weighted by Crippen LogP contribution is -2.38. The number of hydrogen-bond donors (Lipinski definition) is 4. The molecule has 0 bridgehead atoms. The second-order valence-electron chi connectivity index (χ2n) is 7.50. The number of nitrogens with zero attached hydrogens (tertiary/aromatic N) is 1. The largest absolute Gasteiger partial charge is 0.471 e. The van der Waals surface area contributed by atoms with Crippen LogP contribution in [0.2, 0.25) is 0 Å². The van der Waals surface area contributed by atoms with E-state index < -0.39 is 55.6 Å². The number of rotatable bonds is 6. The minimum atomic E-state index is -5.09. The van der Waals surface area contributed by atoms with Crippen molar-refractivity contribution in [2.75, 3.05) is 19.5 Å². The van der Waals surface area contributed by atoms with Crippen molar-refractivity contribution < 1.29 is 32.9 Å². The van der Waals surface area contributed by atoms with Crippen LogP contribution in [0.15, 0.2) is 11.0 Å². The van der Waals surface area contributed by atoms with Crippen molar-refractivity contribution in [2.45, 2.75) is 43.7 Å². The van der Waals surface area contributed by atoms with Crippen molar-refractivity contribution in [2.24, 2.45) is 0 Å². The quantitative estimate of drug-likeness (QED) is 0.371. The number of carbonyl (C=O) groups excluding carboxylic acids is 1. The maximum absolute atomic E-state index is 12.3. The van der Waals surface area contributed by atoms with Crippen LogP contribution in [-0.2, 0) is 16.1 Å². The Hall–Kier alpha value is -1.46. The van der Waals surface area contributed by atoms with Crippen molar-refractivity contribution in [3.63, 3.8) is 0 Å². The van der Waals surface area contributed by atoms with E-state index in [0.717, 1.165) is 10.8 Å². The van der Waals surface area contributed by atoms with Crippen LogP contribution in [0, 0.1) is 4.77 Å². The van der Waals surface area contributed by atoms with E-state index in [0.29, 0.717) is 12.6 Å². The van der Waals surface area contributed by atoms with Crippen molar-refractivity contribution in [1.29, 1.82) is 0 Å². The zero-order valence-electron chi connectivity index (χ0n) is 15.8. The number of carbonyl (C=O) groups is 1. The molecule has 164 valence electrons. The van der Waals surface area contributed by atoms with Gasteiger partial charge in [0.25, 0.3) is 5.56 Å². The lowest BCUT2D eigenvalue weighted by molar-refractivity contribution is -0.173. The standard InChI is InChI=1S/C16H23F3N3O5PS/c1-28(2,3)5-4-9-10(23)11(24)13(27-9)22-7-8(12(25)21-15(22)29)6-20-14(26)16(17,18)19/h7,9-11,13,23-24H,1,4-6H2,2-3H3,(H,20,26)(H,21,25,29)/t9-,10-,11-,13?/m1/s1. The molecular weight excluding hydrogens is 434 g/mol. The molecule has 0 aliphatic carbocycles. The molecule has 1 unspecified atom stereocenters. The molecule has 1 aromatic heterocycles. The third-order valence-corrected chi connectivity index (χ3v) is 6.15. The highest BCUT2D eigenvalue weighted by atomic mass is 32.1. The van der Waals surface area contributed by atoms with Crippen LogP contribution in [0.5, 0.6) is 0 Å². The molecule has 29 heavy (non-hydrogen) atoms. The molecule has 2 rings (SSSR count). The van der Waals surface area contributed by atoms with E-state index in [-0.39, 0.29) is 10.3 Å². The average Bonchev–Trinajstić information content (AvgIpc) is 2.86. The van der Waals surface area contributed by atoms with E-state index in [1.807, 2.05) is 13.3 Å². The van der Waals surface area contributed by atoms with Gasteiger partial charge in [-0.1, -0.05) is 0 Å². The Balaban J connectivity index is 2.23. The van der Waals surface area contributed by atoms with E-state index in [1.54, 1.807) is 5.32 Å². The molecule has 2 heterocycles. The minimum absolute atomic E-state index is 0.150. The Morgan fingerprint density at radius 2 is 2.03 bits per heavy atom. The van der Waals surface area contributed by atoms with Gasteiger partial charge < -0.3 is 20.3 Å². The Bertz CT molecular complexity index is 926. The van der Waals surface area contributed by atoms with Gasteiger partial charge in [-0.2, -0.15) is 13.2 Å². The number of aromatic amines is 1. The second kappa shape index (κ2) is 8.73. The Morgan fingerprint density at radius 3 is 2.59 bits per heavy atom. The molecule has 1 aromatic rings. The predicted molar refractivity (Wildman–Crippen MR) is 105 cm³/mol. The van der Waals surface area contributed by atoms with Crippen LogP contribution < -0.4 is 10.9 Å². The second-order valence-corrected chi connectivity index (χ2v) is 12.2. The molecule has 1 amide bonds. The molecule has 4 N–H and O–H groups in total. The van der Waals surface area contributed by atoms with E-state index >= 15 is 0 Å². The zero-order valence-corrected chi connectivity index (χ0v) is 17.5. The van der Waals surface area contributed by atoms with Gasteiger partial charge in [-0.3, -0.25) is 19.1 Å². The maximum Gasteiger partial charge on any atom is 0.471 e. The van der Waals surface area contributed by atoms with Gasteiger partial charge in [0.15, 0.2) is 11.0 Å². The van der Waals surface area contributed by atoms with Crippen LogP contribution in [-0.4, -0.2) is 76.0 Å². The molecule has 1 fully saturated rings. The van der Waals surface area contributed by atoms with E-state index in [2.05, 4.69) is 11.3 Å². The molecule has 0 spiro atoms. The summed E-state index contributed by atoms with van der Waals surface area (Å²) in [6, 6.07) is 0. The Labute approximate surface area is 169 Å². The summed E-state index contributed by atoms with van der Waals surface area (Å²) in [6.07, 6.45) is -3.20. The van der Waals surface area contributed by atoms with Gasteiger partial charge in [-0.05, 0) is 38.1 Å². The smallest absolute Gasteiger partial charge is 0.388 e. The fourth-order valence-corrected chi connectivity index (χ4v) is 3.99. The van der Waals surface area contributed by atoms with Gasteiger partial charge >= 0.3 is 12.1 Å². The number of aromatic nitrogens is 2. The van der Waals surface area contributed by atoms with Crippen LogP contribution in [0.3, 0.4) is 0 Å². The lowest BCUT2D eigenvalue weighted by Gasteiger charge is -2.20. The number of H-pyrrole nitrogens is 1. The molecule has 0 aromatic carbocycles. The fraction of sp³-hybridized carbons (Fsp3) is 0.625. The zero-order chi connectivity index (χ0) is 22.1. The number of ether oxygens (including phenoxy) is 1. The van der Waals surface area contributed by atoms with E-state index in [1.165, 1.54) is 0 Å². The number of halogens is 3. The van der Waals surface area contributed by atoms with Crippen molar-refractivity contribution in [3.05, 3.63) is 26.9 Å². The summed E-state index contributed by atoms with van der Waals surface area (Å²) < 4.78 is 43.7. The molecule has 1 aliphatic heterocycles. The first-order chi connectivity index (χ1) is 13.2. The Kier molecular flexibility index (Phi) is 7.17. The molecule has 4 atom stereocenters. The van der Waals surface area contributed by atoms with Crippen molar-refractivity contribution >= 4 is 31.3 Å². The van der Waals surface area contributed by atoms with Crippen LogP contribution in [0.25, 0.3) is 0 Å². The monoisotopic (exact) mass is 457 g/mol. The number of alkyl halides is 3. The number of amides is 1. The molecule has 8 nitrogen and oxygen atoms in total. The third kappa shape index (κ3) is 6.02. The van der Waals surface area contributed by atoms with E-state index in [4.69, 9.17) is 17.0 Å². The normalized spacial score (nSPS) is 25.2. The third-order valence-electron chi connectivity index (χ3n) is 4.37. The SMILES string of the molecule is C=P(C)(C)CC[C@H]1OC(n2cc(CNC(=O)C(F)(F)F)c(=O)[nH]c2=S)[C@H](O)[C@@H]1O. The summed E-state index contributed by atoms with van der Waals surface area (Å²) in [5, 5.41) is 22.2. The predicted octanol–water partition coefficient (Wildman–Crippen LogP) is 0.803. The van der Waals surface area contributed by atoms with Gasteiger partial charge in [-0.15, -0.1) is 13.2 Å². The fourth-order valence-electron chi connectivity index (χ4n) is 2.79. The highest BCUT2D eigenvalue weighted by molar-refractivity contribution is 7.72. The summed E-state index contributed by atoms with van der Waals surface area (Å²) >= 11 is 5.05. The lowest BCUT2D eigenvalue weighted by atomic mass is 10.1. The summed E-state index contributed by atoms with van der Waals surface area (Å²) in [5.74, 6) is -2.20. The summed E-state index contributed by atoms with van der Waals surface area (Å²) in [4.78, 5) is 25.2. The van der Waals surface area contributed by atoms with Crippen molar-refractivity contribution in [1.82, 2.24) is 14.9 Å². The first-order valence-corrected chi connectivity index (χ1v) is 12.1. The highest BCUT2D eigenvalue weighted by Crippen LogP contribution is 2.39. The molecule has 0 radical (unpaired) electrons. The van der Waals surface area contributed by atoms with Gasteiger partial charge in [0, 0.05) is 12.7 Å². The van der Waals surface area contributed by atoms with Gasteiger partial charge in [-0.25, -0.2) is 0 Å². The molecular formula is C16H23F3N3O5PS. The molecule has 1 aliphatic rings. The summed E-state index contributed by atoms with van der Waals surface area (Å²) in [6.45, 7) is 1.93. The van der Waals surface area contributed by atoms with Gasteiger partial charge in [0.05, 0.1) is 11.7 Å². The van der Waals surface area contributed by atoms with Crippen LogP contribution in [0.1, 0.15) is 18.2 Å². The first-order valence-electron chi connectivity index (χ1n) is 8.59. The summed E-state index contributed by atoms with van der Waals surface area (Å²) in [5.41, 5.74) is -1.02. The van der Waals surface area contributed by atoms with Gasteiger partial charge in [0.2, 0.25) is 0 Å². The van der Waals surface area contributed by atoms with E-state index in [9.17, 15) is 33.0 Å². The van der Waals surface area contributed by atoms with Crippen molar-refractivity contribution in [3.8, 4) is 0 Å². The number of aliphatic hydroxyl groups excluding tert-OH is 2. The molecule has 0 saturated carbocycles. The van der Waals surface area contributed by atoms with Crippen LogP contribution >= 0.6 is 19.1 Å². The first kappa shape index (κ1) is 23.8. The number of hydrogen-bond acceptors (Lipinski definition) is 6. The Morgan fingerprint density at radius 1 is 1.41 bits per heavy atom. The topological polar surface area (TPSA) is 117 Å². The number of nitrogens with one attached hydrogen (secondary N) is 2. The minimum Gasteiger partial charge on any atom is -0.388 e. The summed E-state index contributed by atoms with van der Waals surface area (Å²) in [7, 11) is 0. The molecule has 13 heteroatoms. The van der Waals surface area contributed by atoms with Crippen LogP contribution in [0.4, 0.5) is 13.2 Å². The highest BCUT2D eigenvalue weighted by Gasteiger charge is 2.43. The molecule has 1 saturated heterocycles.